The Morgan fingerprint density at radius 3 is 2.55 bits per heavy atom. The van der Waals surface area contributed by atoms with Gasteiger partial charge in [-0.25, -0.2) is 9.59 Å². The lowest BCUT2D eigenvalue weighted by molar-refractivity contribution is -0.142. The Morgan fingerprint density at radius 1 is 1.30 bits per heavy atom. The summed E-state index contributed by atoms with van der Waals surface area (Å²) in [6.45, 7) is 5.12. The summed E-state index contributed by atoms with van der Waals surface area (Å²) in [7, 11) is 2.11. The van der Waals surface area contributed by atoms with Crippen molar-refractivity contribution in [2.75, 3.05) is 46.4 Å². The lowest BCUT2D eigenvalue weighted by atomic mass is 9.80. The van der Waals surface area contributed by atoms with Gasteiger partial charge in [-0.3, -0.25) is 0 Å². The van der Waals surface area contributed by atoms with Gasteiger partial charge in [-0.1, -0.05) is 6.92 Å². The van der Waals surface area contributed by atoms with E-state index in [4.69, 9.17) is 9.84 Å². The lowest BCUT2D eigenvalue weighted by Gasteiger charge is -2.37. The predicted molar refractivity (Wildman–Crippen MR) is 74.7 cm³/mol. The first kappa shape index (κ1) is 16.7. The molecule has 0 aromatic heterocycles. The third kappa shape index (κ3) is 6.72. The highest BCUT2D eigenvalue weighted by Gasteiger charge is 2.28. The SMILES string of the molecule is CN1CCC(C)(CNC(=O)NCCOCC(=O)O)CC1. The number of nitrogens with zero attached hydrogens (tertiary/aromatic N) is 1. The van der Waals surface area contributed by atoms with Crippen molar-refractivity contribution in [2.24, 2.45) is 5.41 Å². The first-order valence-corrected chi connectivity index (χ1v) is 6.91. The molecular formula is C13H25N3O4. The fourth-order valence-electron chi connectivity index (χ4n) is 2.09. The molecule has 0 aromatic rings. The lowest BCUT2D eigenvalue weighted by Crippen LogP contribution is -2.46. The number of carboxylic acid groups (broad SMARTS) is 1. The topological polar surface area (TPSA) is 90.9 Å². The van der Waals surface area contributed by atoms with E-state index in [0.717, 1.165) is 25.9 Å². The number of rotatable bonds is 7. The normalized spacial score (nSPS) is 18.5. The van der Waals surface area contributed by atoms with Crippen molar-refractivity contribution in [1.29, 1.82) is 0 Å². The van der Waals surface area contributed by atoms with Gasteiger partial charge in [0, 0.05) is 13.1 Å². The highest BCUT2D eigenvalue weighted by molar-refractivity contribution is 5.73. The van der Waals surface area contributed by atoms with Crippen LogP contribution in [0.4, 0.5) is 4.79 Å². The predicted octanol–water partition coefficient (Wildman–Crippen LogP) is 0.119. The Kier molecular flexibility index (Phi) is 6.74. The zero-order valence-electron chi connectivity index (χ0n) is 12.3. The Bertz CT molecular complexity index is 328. The zero-order valence-corrected chi connectivity index (χ0v) is 12.3. The van der Waals surface area contributed by atoms with Crippen molar-refractivity contribution in [3.05, 3.63) is 0 Å². The molecule has 116 valence electrons. The molecule has 2 amide bonds. The molecule has 1 fully saturated rings. The second kappa shape index (κ2) is 8.06. The van der Waals surface area contributed by atoms with E-state index in [9.17, 15) is 9.59 Å². The number of aliphatic carboxylic acids is 1. The molecule has 0 unspecified atom stereocenters. The fraction of sp³-hybridized carbons (Fsp3) is 0.846. The molecule has 0 radical (unpaired) electrons. The molecule has 0 atom stereocenters. The molecule has 1 aliphatic heterocycles. The molecule has 7 heteroatoms. The van der Waals surface area contributed by atoms with Gasteiger partial charge in [0.15, 0.2) is 0 Å². The number of amides is 2. The molecule has 1 aliphatic rings. The number of piperidine rings is 1. The van der Waals surface area contributed by atoms with Gasteiger partial charge in [0.25, 0.3) is 0 Å². The zero-order chi connectivity index (χ0) is 15.0. The van der Waals surface area contributed by atoms with Gasteiger partial charge in [0.2, 0.25) is 0 Å². The number of hydrogen-bond acceptors (Lipinski definition) is 4. The molecule has 1 heterocycles. The van der Waals surface area contributed by atoms with Crippen molar-refractivity contribution in [3.8, 4) is 0 Å². The number of carboxylic acids is 1. The average molecular weight is 287 g/mol. The van der Waals surface area contributed by atoms with Crippen LogP contribution in [-0.4, -0.2) is 68.4 Å². The highest BCUT2D eigenvalue weighted by Crippen LogP contribution is 2.29. The standard InChI is InChI=1S/C13H25N3O4/c1-13(3-6-16(2)7-4-13)10-15-12(19)14-5-8-20-9-11(17)18/h3-10H2,1-2H3,(H,17,18)(H2,14,15,19). The van der Waals surface area contributed by atoms with Crippen LogP contribution in [0.2, 0.25) is 0 Å². The average Bonchev–Trinajstić information content (AvgIpc) is 2.40. The third-order valence-corrected chi connectivity index (χ3v) is 3.63. The molecule has 1 rings (SSSR count). The molecule has 20 heavy (non-hydrogen) atoms. The van der Waals surface area contributed by atoms with E-state index in [-0.39, 0.29) is 24.7 Å². The number of carbonyl (C=O) groups excluding carboxylic acids is 1. The maximum Gasteiger partial charge on any atom is 0.329 e. The molecule has 0 bridgehead atoms. The Labute approximate surface area is 119 Å². The monoisotopic (exact) mass is 287 g/mol. The molecule has 0 aromatic carbocycles. The van der Waals surface area contributed by atoms with Crippen LogP contribution < -0.4 is 10.6 Å². The number of likely N-dealkylation sites (tertiary alicyclic amines) is 1. The van der Waals surface area contributed by atoms with Crippen molar-refractivity contribution in [3.63, 3.8) is 0 Å². The Morgan fingerprint density at radius 2 is 1.95 bits per heavy atom. The number of urea groups is 1. The van der Waals surface area contributed by atoms with E-state index in [0.29, 0.717) is 13.1 Å². The van der Waals surface area contributed by atoms with E-state index in [1.54, 1.807) is 0 Å². The molecule has 0 spiro atoms. The van der Waals surface area contributed by atoms with Crippen LogP contribution >= 0.6 is 0 Å². The van der Waals surface area contributed by atoms with Crippen LogP contribution in [0, 0.1) is 5.41 Å². The summed E-state index contributed by atoms with van der Waals surface area (Å²) in [6.07, 6.45) is 2.15. The van der Waals surface area contributed by atoms with Gasteiger partial charge in [-0.15, -0.1) is 0 Å². The first-order valence-electron chi connectivity index (χ1n) is 6.91. The van der Waals surface area contributed by atoms with Crippen LogP contribution in [0.5, 0.6) is 0 Å². The van der Waals surface area contributed by atoms with Crippen LogP contribution in [0.15, 0.2) is 0 Å². The largest absolute Gasteiger partial charge is 0.480 e. The summed E-state index contributed by atoms with van der Waals surface area (Å²) in [5.41, 5.74) is 0.156. The fourth-order valence-corrected chi connectivity index (χ4v) is 2.09. The number of carbonyl (C=O) groups is 2. The Hall–Kier alpha value is -1.34. The minimum Gasteiger partial charge on any atom is -0.480 e. The summed E-state index contributed by atoms with van der Waals surface area (Å²) in [5.74, 6) is -1.01. The van der Waals surface area contributed by atoms with Crippen molar-refractivity contribution < 1.29 is 19.4 Å². The van der Waals surface area contributed by atoms with Gasteiger partial charge >= 0.3 is 12.0 Å². The highest BCUT2D eigenvalue weighted by atomic mass is 16.5. The Balaban J connectivity index is 2.09. The van der Waals surface area contributed by atoms with E-state index >= 15 is 0 Å². The maximum atomic E-state index is 11.6. The van der Waals surface area contributed by atoms with E-state index in [1.165, 1.54) is 0 Å². The molecular weight excluding hydrogens is 262 g/mol. The second-order valence-corrected chi connectivity index (χ2v) is 5.67. The van der Waals surface area contributed by atoms with Crippen molar-refractivity contribution >= 4 is 12.0 Å². The van der Waals surface area contributed by atoms with Gasteiger partial charge < -0.3 is 25.4 Å². The second-order valence-electron chi connectivity index (χ2n) is 5.67. The van der Waals surface area contributed by atoms with Crippen LogP contribution in [0.25, 0.3) is 0 Å². The van der Waals surface area contributed by atoms with E-state index < -0.39 is 5.97 Å². The van der Waals surface area contributed by atoms with Crippen molar-refractivity contribution in [1.82, 2.24) is 15.5 Å². The number of hydrogen-bond donors (Lipinski definition) is 3. The molecule has 1 saturated heterocycles. The first-order chi connectivity index (χ1) is 9.41. The summed E-state index contributed by atoms with van der Waals surface area (Å²) in [4.78, 5) is 24.1. The van der Waals surface area contributed by atoms with Gasteiger partial charge in [0.1, 0.15) is 6.61 Å². The summed E-state index contributed by atoms with van der Waals surface area (Å²) >= 11 is 0. The molecule has 0 aliphatic carbocycles. The molecule has 7 nitrogen and oxygen atoms in total. The van der Waals surface area contributed by atoms with Gasteiger partial charge in [0.05, 0.1) is 6.61 Å². The van der Waals surface area contributed by atoms with Crippen molar-refractivity contribution in [2.45, 2.75) is 19.8 Å². The smallest absolute Gasteiger partial charge is 0.329 e. The van der Waals surface area contributed by atoms with E-state index in [2.05, 4.69) is 29.5 Å². The minimum absolute atomic E-state index is 0.156. The number of nitrogens with one attached hydrogen (secondary N) is 2. The maximum absolute atomic E-state index is 11.6. The molecule has 0 saturated carbocycles. The third-order valence-electron chi connectivity index (χ3n) is 3.63. The van der Waals surface area contributed by atoms with E-state index in [1.807, 2.05) is 0 Å². The summed E-state index contributed by atoms with van der Waals surface area (Å²) in [6, 6.07) is -0.232. The quantitative estimate of drug-likeness (QED) is 0.579. The van der Waals surface area contributed by atoms with Crippen LogP contribution in [-0.2, 0) is 9.53 Å². The number of ether oxygens (including phenoxy) is 1. The minimum atomic E-state index is -1.01. The summed E-state index contributed by atoms with van der Waals surface area (Å²) in [5, 5.41) is 13.9. The van der Waals surface area contributed by atoms with Gasteiger partial charge in [-0.2, -0.15) is 0 Å². The van der Waals surface area contributed by atoms with Gasteiger partial charge in [-0.05, 0) is 38.4 Å². The summed E-state index contributed by atoms with van der Waals surface area (Å²) < 4.78 is 4.82. The van der Waals surface area contributed by atoms with Crippen LogP contribution in [0.1, 0.15) is 19.8 Å². The van der Waals surface area contributed by atoms with Crippen LogP contribution in [0.3, 0.4) is 0 Å². The molecule has 3 N–H and O–H groups in total.